The normalized spacial score (nSPS) is 27.6. The molecule has 1 saturated heterocycles. The number of nitrogens with zero attached hydrogens (tertiary/aromatic N) is 2. The van der Waals surface area contributed by atoms with Gasteiger partial charge in [0, 0.05) is 12.6 Å². The topological polar surface area (TPSA) is 27.0 Å². The fourth-order valence-electron chi connectivity index (χ4n) is 2.64. The first-order chi connectivity index (χ1) is 7.67. The Morgan fingerprint density at radius 2 is 2.06 bits per heavy atom. The highest BCUT2D eigenvalue weighted by atomic mass is 15.2. The first kappa shape index (κ1) is 11.2. The van der Waals surface area contributed by atoms with E-state index in [4.69, 9.17) is 0 Å². The summed E-state index contributed by atoms with van der Waals surface area (Å²) in [4.78, 5) is 2.32. The van der Waals surface area contributed by atoms with Crippen molar-refractivity contribution in [1.82, 2.24) is 4.90 Å². The molecule has 0 amide bonds. The maximum atomic E-state index is 9.30. The van der Waals surface area contributed by atoms with Crippen LogP contribution >= 0.6 is 0 Å². The molecule has 84 valence electrons. The van der Waals surface area contributed by atoms with E-state index >= 15 is 0 Å². The van der Waals surface area contributed by atoms with Gasteiger partial charge < -0.3 is 0 Å². The summed E-state index contributed by atoms with van der Waals surface area (Å²) >= 11 is 0. The SMILES string of the molecule is C[C@@H](c1ccccc1)N1CCCC1(C)C#N. The summed E-state index contributed by atoms with van der Waals surface area (Å²) in [6.45, 7) is 5.27. The second-order valence-electron chi connectivity index (χ2n) is 4.77. The van der Waals surface area contributed by atoms with Gasteiger partial charge in [-0.1, -0.05) is 30.3 Å². The molecule has 0 spiro atoms. The van der Waals surface area contributed by atoms with Crippen LogP contribution in [0.4, 0.5) is 0 Å². The van der Waals surface area contributed by atoms with Gasteiger partial charge in [-0.2, -0.15) is 5.26 Å². The Hall–Kier alpha value is -1.33. The van der Waals surface area contributed by atoms with E-state index in [9.17, 15) is 5.26 Å². The Morgan fingerprint density at radius 1 is 1.38 bits per heavy atom. The lowest BCUT2D eigenvalue weighted by Gasteiger charge is -2.34. The van der Waals surface area contributed by atoms with Crippen LogP contribution in [0.2, 0.25) is 0 Å². The number of likely N-dealkylation sites (tertiary alicyclic amines) is 1. The summed E-state index contributed by atoms with van der Waals surface area (Å²) in [6.07, 6.45) is 2.11. The number of benzene rings is 1. The van der Waals surface area contributed by atoms with E-state index in [0.29, 0.717) is 6.04 Å². The largest absolute Gasteiger partial charge is 0.279 e. The molecule has 1 fully saturated rings. The van der Waals surface area contributed by atoms with Crippen LogP contribution in [0.15, 0.2) is 30.3 Å². The van der Waals surface area contributed by atoms with Crippen LogP contribution in [0.1, 0.15) is 38.3 Å². The van der Waals surface area contributed by atoms with Gasteiger partial charge in [-0.3, -0.25) is 4.90 Å². The van der Waals surface area contributed by atoms with E-state index in [0.717, 1.165) is 19.4 Å². The lowest BCUT2D eigenvalue weighted by Crippen LogP contribution is -2.41. The van der Waals surface area contributed by atoms with Gasteiger partial charge in [-0.15, -0.1) is 0 Å². The lowest BCUT2D eigenvalue weighted by molar-refractivity contribution is 0.154. The van der Waals surface area contributed by atoms with Crippen LogP contribution < -0.4 is 0 Å². The first-order valence-electron chi connectivity index (χ1n) is 5.90. The van der Waals surface area contributed by atoms with Crippen molar-refractivity contribution in [2.24, 2.45) is 0 Å². The summed E-state index contributed by atoms with van der Waals surface area (Å²) in [5, 5.41) is 9.30. The molecule has 1 aromatic carbocycles. The van der Waals surface area contributed by atoms with Crippen molar-refractivity contribution >= 4 is 0 Å². The van der Waals surface area contributed by atoms with Gasteiger partial charge in [0.2, 0.25) is 0 Å². The summed E-state index contributed by atoms with van der Waals surface area (Å²) in [7, 11) is 0. The molecule has 2 atom stereocenters. The highest BCUT2D eigenvalue weighted by Gasteiger charge is 2.39. The molecule has 2 heteroatoms. The van der Waals surface area contributed by atoms with Gasteiger partial charge in [-0.05, 0) is 32.3 Å². The number of rotatable bonds is 2. The van der Waals surface area contributed by atoms with Gasteiger partial charge in [0.1, 0.15) is 5.54 Å². The molecule has 0 aliphatic carbocycles. The van der Waals surface area contributed by atoms with Crippen molar-refractivity contribution < 1.29 is 0 Å². The first-order valence-corrected chi connectivity index (χ1v) is 5.90. The lowest BCUT2D eigenvalue weighted by atomic mass is 9.97. The maximum absolute atomic E-state index is 9.30. The zero-order valence-electron chi connectivity index (χ0n) is 9.98. The molecule has 2 rings (SSSR count). The van der Waals surface area contributed by atoms with E-state index in [-0.39, 0.29) is 5.54 Å². The average molecular weight is 214 g/mol. The third kappa shape index (κ3) is 1.83. The van der Waals surface area contributed by atoms with E-state index in [2.05, 4.69) is 49.1 Å². The standard InChI is InChI=1S/C14H18N2/c1-12(13-7-4-3-5-8-13)16-10-6-9-14(16,2)11-15/h3-5,7-8,12H,6,9-10H2,1-2H3/t12-,14?/m0/s1. The molecule has 1 heterocycles. The highest BCUT2D eigenvalue weighted by molar-refractivity contribution is 5.21. The Balaban J connectivity index is 2.23. The third-order valence-corrected chi connectivity index (χ3v) is 3.69. The van der Waals surface area contributed by atoms with Crippen molar-refractivity contribution in [1.29, 1.82) is 5.26 Å². The molecule has 0 N–H and O–H groups in total. The molecular formula is C14H18N2. The summed E-state index contributed by atoms with van der Waals surface area (Å²) < 4.78 is 0. The van der Waals surface area contributed by atoms with Gasteiger partial charge >= 0.3 is 0 Å². The van der Waals surface area contributed by atoms with E-state index < -0.39 is 0 Å². The van der Waals surface area contributed by atoms with Gasteiger partial charge in [0.25, 0.3) is 0 Å². The van der Waals surface area contributed by atoms with E-state index in [1.807, 2.05) is 6.07 Å². The molecular weight excluding hydrogens is 196 g/mol. The second-order valence-corrected chi connectivity index (χ2v) is 4.77. The van der Waals surface area contributed by atoms with Crippen LogP contribution in [0, 0.1) is 11.3 Å². The van der Waals surface area contributed by atoms with Crippen molar-refractivity contribution in [3.8, 4) is 6.07 Å². The number of hydrogen-bond donors (Lipinski definition) is 0. The maximum Gasteiger partial charge on any atom is 0.106 e. The molecule has 0 radical (unpaired) electrons. The Labute approximate surface area is 97.5 Å². The summed E-state index contributed by atoms with van der Waals surface area (Å²) in [5.74, 6) is 0. The average Bonchev–Trinajstić information content (AvgIpc) is 2.72. The zero-order valence-corrected chi connectivity index (χ0v) is 9.98. The number of nitriles is 1. The minimum Gasteiger partial charge on any atom is -0.279 e. The molecule has 1 aliphatic rings. The van der Waals surface area contributed by atoms with Crippen molar-refractivity contribution in [2.45, 2.75) is 38.3 Å². The smallest absolute Gasteiger partial charge is 0.106 e. The monoisotopic (exact) mass is 214 g/mol. The molecule has 2 nitrogen and oxygen atoms in total. The minimum absolute atomic E-state index is 0.282. The molecule has 0 bridgehead atoms. The predicted octanol–water partition coefficient (Wildman–Crippen LogP) is 3.13. The zero-order chi connectivity index (χ0) is 11.6. The van der Waals surface area contributed by atoms with Crippen LogP contribution in [-0.4, -0.2) is 17.0 Å². The summed E-state index contributed by atoms with van der Waals surface area (Å²) in [5.41, 5.74) is 1.01. The third-order valence-electron chi connectivity index (χ3n) is 3.69. The van der Waals surface area contributed by atoms with Crippen molar-refractivity contribution in [3.05, 3.63) is 35.9 Å². The van der Waals surface area contributed by atoms with Crippen LogP contribution in [0.3, 0.4) is 0 Å². The number of hydrogen-bond acceptors (Lipinski definition) is 2. The van der Waals surface area contributed by atoms with Gasteiger partial charge in [0.15, 0.2) is 0 Å². The molecule has 1 aliphatic heterocycles. The molecule has 0 aromatic heterocycles. The van der Waals surface area contributed by atoms with Crippen LogP contribution in [-0.2, 0) is 0 Å². The Bertz CT molecular complexity index is 393. The minimum atomic E-state index is -0.282. The second kappa shape index (κ2) is 4.27. The fourth-order valence-corrected chi connectivity index (χ4v) is 2.64. The predicted molar refractivity (Wildman–Crippen MR) is 64.8 cm³/mol. The Kier molecular flexibility index (Phi) is 2.98. The van der Waals surface area contributed by atoms with Crippen molar-refractivity contribution in [2.75, 3.05) is 6.54 Å². The van der Waals surface area contributed by atoms with Gasteiger partial charge in [-0.25, -0.2) is 0 Å². The van der Waals surface area contributed by atoms with Crippen molar-refractivity contribution in [3.63, 3.8) is 0 Å². The van der Waals surface area contributed by atoms with Crippen LogP contribution in [0.5, 0.6) is 0 Å². The molecule has 1 aromatic rings. The summed E-state index contributed by atoms with van der Waals surface area (Å²) in [6, 6.07) is 13.2. The molecule has 16 heavy (non-hydrogen) atoms. The quantitative estimate of drug-likeness (QED) is 0.756. The van der Waals surface area contributed by atoms with E-state index in [1.54, 1.807) is 0 Å². The molecule has 0 saturated carbocycles. The van der Waals surface area contributed by atoms with Gasteiger partial charge in [0.05, 0.1) is 6.07 Å². The highest BCUT2D eigenvalue weighted by Crippen LogP contribution is 2.35. The van der Waals surface area contributed by atoms with E-state index in [1.165, 1.54) is 5.56 Å². The van der Waals surface area contributed by atoms with Crippen LogP contribution in [0.25, 0.3) is 0 Å². The fraction of sp³-hybridized carbons (Fsp3) is 0.500. The Morgan fingerprint density at radius 3 is 2.69 bits per heavy atom. The molecule has 1 unspecified atom stereocenters.